The van der Waals surface area contributed by atoms with Crippen LogP contribution in [0.2, 0.25) is 5.02 Å². The van der Waals surface area contributed by atoms with Gasteiger partial charge in [-0.15, -0.1) is 0 Å². The summed E-state index contributed by atoms with van der Waals surface area (Å²) in [5.41, 5.74) is 5.12. The molecule has 0 bridgehead atoms. The number of aromatic nitrogens is 1. The van der Waals surface area contributed by atoms with Crippen LogP contribution in [0.3, 0.4) is 0 Å². The number of nitrogens with zero attached hydrogens (tertiary/aromatic N) is 2. The van der Waals surface area contributed by atoms with Crippen molar-refractivity contribution in [1.82, 2.24) is 4.68 Å². The molecule has 3 aromatic rings. The largest absolute Gasteiger partial charge is 0.481 e. The molecule has 2 amide bonds. The van der Waals surface area contributed by atoms with Gasteiger partial charge < -0.3 is 10.1 Å². The molecule has 1 atom stereocenters. The van der Waals surface area contributed by atoms with Crippen molar-refractivity contribution in [3.8, 4) is 5.75 Å². The molecule has 0 saturated carbocycles. The van der Waals surface area contributed by atoms with Crippen molar-refractivity contribution < 1.29 is 19.2 Å². The van der Waals surface area contributed by atoms with Crippen molar-refractivity contribution in [3.63, 3.8) is 0 Å². The lowest BCUT2D eigenvalue weighted by Gasteiger charge is -2.16. The lowest BCUT2D eigenvalue weighted by molar-refractivity contribution is -0.384. The Morgan fingerprint density at radius 1 is 1.06 bits per heavy atom. The zero-order chi connectivity index (χ0) is 23.4. The van der Waals surface area contributed by atoms with Gasteiger partial charge in [-0.2, -0.15) is 0 Å². The van der Waals surface area contributed by atoms with Crippen LogP contribution in [0, 0.1) is 24.0 Å². The number of carbonyl (C=O) groups is 2. The lowest BCUT2D eigenvalue weighted by Crippen LogP contribution is -2.30. The van der Waals surface area contributed by atoms with Crippen molar-refractivity contribution in [3.05, 3.63) is 86.7 Å². The number of amides is 2. The normalized spacial score (nSPS) is 11.5. The molecule has 0 aliphatic heterocycles. The van der Waals surface area contributed by atoms with Gasteiger partial charge in [0.15, 0.2) is 6.10 Å². The molecular weight excluding hydrogens is 436 g/mol. The van der Waals surface area contributed by atoms with Crippen LogP contribution in [-0.2, 0) is 4.79 Å². The van der Waals surface area contributed by atoms with Crippen molar-refractivity contribution in [2.24, 2.45) is 0 Å². The van der Waals surface area contributed by atoms with Gasteiger partial charge in [-0.1, -0.05) is 11.6 Å². The quantitative estimate of drug-likeness (QED) is 0.402. The smallest absolute Gasteiger partial charge is 0.271 e. The van der Waals surface area contributed by atoms with Gasteiger partial charge in [-0.05, 0) is 63.2 Å². The van der Waals surface area contributed by atoms with Crippen molar-refractivity contribution in [2.75, 3.05) is 10.7 Å². The van der Waals surface area contributed by atoms with Gasteiger partial charge in [0.05, 0.1) is 15.6 Å². The van der Waals surface area contributed by atoms with Gasteiger partial charge >= 0.3 is 0 Å². The Morgan fingerprint density at radius 3 is 2.25 bits per heavy atom. The number of carbonyl (C=O) groups excluding carboxylic acids is 2. The SMILES string of the molecule is Cc1ccc(C)n1NC(=O)c1ccc(O[C@@H](C)C(=O)Nc2ccc([N+](=O)[O-])cc2Cl)cc1. The highest BCUT2D eigenvalue weighted by Crippen LogP contribution is 2.27. The monoisotopic (exact) mass is 456 g/mol. The minimum absolute atomic E-state index is 0.0447. The minimum atomic E-state index is -0.883. The summed E-state index contributed by atoms with van der Waals surface area (Å²) in [6.45, 7) is 5.33. The van der Waals surface area contributed by atoms with Crippen LogP contribution >= 0.6 is 11.6 Å². The van der Waals surface area contributed by atoms with E-state index < -0.39 is 16.9 Å². The molecule has 0 radical (unpaired) electrons. The van der Waals surface area contributed by atoms with Crippen LogP contribution in [0.5, 0.6) is 5.75 Å². The Kier molecular flexibility index (Phi) is 6.79. The highest BCUT2D eigenvalue weighted by Gasteiger charge is 2.18. The number of benzene rings is 2. The second-order valence-corrected chi connectivity index (χ2v) is 7.49. The third kappa shape index (κ3) is 5.25. The third-order valence-corrected chi connectivity index (χ3v) is 5.02. The van der Waals surface area contributed by atoms with E-state index in [4.69, 9.17) is 16.3 Å². The Hall–Kier alpha value is -3.85. The van der Waals surface area contributed by atoms with E-state index in [1.165, 1.54) is 12.1 Å². The number of nitro groups is 1. The highest BCUT2D eigenvalue weighted by molar-refractivity contribution is 6.34. The van der Waals surface area contributed by atoms with E-state index in [2.05, 4.69) is 10.7 Å². The van der Waals surface area contributed by atoms with Crippen LogP contribution in [0.4, 0.5) is 11.4 Å². The van der Waals surface area contributed by atoms with Crippen molar-refractivity contribution >= 4 is 34.8 Å². The van der Waals surface area contributed by atoms with E-state index in [-0.39, 0.29) is 22.3 Å². The first-order valence-electron chi connectivity index (χ1n) is 9.63. The summed E-state index contributed by atoms with van der Waals surface area (Å²) in [6, 6.07) is 13.9. The Balaban J connectivity index is 1.60. The molecule has 0 aliphatic rings. The van der Waals surface area contributed by atoms with E-state index in [1.54, 1.807) is 35.9 Å². The summed E-state index contributed by atoms with van der Waals surface area (Å²) in [5, 5.41) is 13.4. The summed E-state index contributed by atoms with van der Waals surface area (Å²) in [5.74, 6) is -0.369. The van der Waals surface area contributed by atoms with Gasteiger partial charge in [0.2, 0.25) is 0 Å². The van der Waals surface area contributed by atoms with Crippen molar-refractivity contribution in [1.29, 1.82) is 0 Å². The van der Waals surface area contributed by atoms with Crippen LogP contribution in [0.1, 0.15) is 28.7 Å². The van der Waals surface area contributed by atoms with Crippen LogP contribution < -0.4 is 15.5 Å². The van der Waals surface area contributed by atoms with Crippen LogP contribution in [0.25, 0.3) is 0 Å². The Bertz CT molecular complexity index is 1150. The number of hydrogen-bond donors (Lipinski definition) is 2. The molecular formula is C22H21ClN4O5. The van der Waals surface area contributed by atoms with Crippen LogP contribution in [0.15, 0.2) is 54.6 Å². The molecule has 3 rings (SSSR count). The average Bonchev–Trinajstić information content (AvgIpc) is 3.07. The second kappa shape index (κ2) is 9.52. The maximum atomic E-state index is 12.5. The number of aryl methyl sites for hydroxylation is 2. The second-order valence-electron chi connectivity index (χ2n) is 7.09. The van der Waals surface area contributed by atoms with E-state index in [9.17, 15) is 19.7 Å². The summed E-state index contributed by atoms with van der Waals surface area (Å²) in [6.07, 6.45) is -0.883. The fourth-order valence-electron chi connectivity index (χ4n) is 2.91. The lowest BCUT2D eigenvalue weighted by atomic mass is 10.2. The van der Waals surface area contributed by atoms with E-state index in [0.717, 1.165) is 17.5 Å². The predicted molar refractivity (Wildman–Crippen MR) is 121 cm³/mol. The topological polar surface area (TPSA) is 116 Å². The minimum Gasteiger partial charge on any atom is -0.481 e. The van der Waals surface area contributed by atoms with E-state index in [1.807, 2.05) is 26.0 Å². The Morgan fingerprint density at radius 2 is 1.69 bits per heavy atom. The number of nitrogens with one attached hydrogen (secondary N) is 2. The fourth-order valence-corrected chi connectivity index (χ4v) is 3.13. The van der Waals surface area contributed by atoms with E-state index >= 15 is 0 Å². The molecule has 0 spiro atoms. The first-order chi connectivity index (χ1) is 15.2. The summed E-state index contributed by atoms with van der Waals surface area (Å²) >= 11 is 6.00. The van der Waals surface area contributed by atoms with Gasteiger partial charge in [0.25, 0.3) is 17.5 Å². The molecule has 1 aromatic heterocycles. The molecule has 0 unspecified atom stereocenters. The molecule has 10 heteroatoms. The maximum Gasteiger partial charge on any atom is 0.271 e. The molecule has 0 saturated heterocycles. The Labute approximate surface area is 189 Å². The number of non-ortho nitro benzene ring substituents is 1. The first-order valence-corrected chi connectivity index (χ1v) is 10.0. The van der Waals surface area contributed by atoms with Gasteiger partial charge in [-0.25, -0.2) is 0 Å². The number of anilines is 1. The average molecular weight is 457 g/mol. The van der Waals surface area contributed by atoms with Crippen molar-refractivity contribution in [2.45, 2.75) is 26.9 Å². The molecule has 1 heterocycles. The summed E-state index contributed by atoms with van der Waals surface area (Å²) in [4.78, 5) is 35.1. The van der Waals surface area contributed by atoms with Gasteiger partial charge in [0.1, 0.15) is 5.75 Å². The van der Waals surface area contributed by atoms with Gasteiger partial charge in [0, 0.05) is 29.1 Å². The molecule has 166 valence electrons. The third-order valence-electron chi connectivity index (χ3n) is 4.70. The highest BCUT2D eigenvalue weighted by atomic mass is 35.5. The standard InChI is InChI=1S/C22H21ClN4O5/c1-13-4-5-14(2)26(13)25-22(29)16-6-9-18(10-7-16)32-15(3)21(28)24-20-11-8-17(27(30)31)12-19(20)23/h4-12,15H,1-3H3,(H,24,28)(H,25,29)/t15-/m0/s1. The zero-order valence-corrected chi connectivity index (χ0v) is 18.3. The maximum absolute atomic E-state index is 12.5. The summed E-state index contributed by atoms with van der Waals surface area (Å²) in [7, 11) is 0. The molecule has 0 fully saturated rings. The first kappa shape index (κ1) is 22.8. The molecule has 9 nitrogen and oxygen atoms in total. The number of rotatable bonds is 7. The number of hydrogen-bond acceptors (Lipinski definition) is 5. The van der Waals surface area contributed by atoms with Crippen LogP contribution in [-0.4, -0.2) is 27.5 Å². The number of halogens is 1. The molecule has 2 aromatic carbocycles. The molecule has 0 aliphatic carbocycles. The molecule has 2 N–H and O–H groups in total. The molecule has 32 heavy (non-hydrogen) atoms. The number of nitro benzene ring substituents is 1. The van der Waals surface area contributed by atoms with Gasteiger partial charge in [-0.3, -0.25) is 29.8 Å². The zero-order valence-electron chi connectivity index (χ0n) is 17.6. The predicted octanol–water partition coefficient (Wildman–Crippen LogP) is 4.46. The number of ether oxygens (including phenoxy) is 1. The summed E-state index contributed by atoms with van der Waals surface area (Å²) < 4.78 is 7.33. The fraction of sp³-hybridized carbons (Fsp3) is 0.182. The van der Waals surface area contributed by atoms with E-state index in [0.29, 0.717) is 11.3 Å².